The molecular weight excluding hydrogens is 318 g/mol. The first-order valence-corrected chi connectivity index (χ1v) is 8.90. The van der Waals surface area contributed by atoms with Crippen LogP contribution in [-0.2, 0) is 11.2 Å². The van der Waals surface area contributed by atoms with Gasteiger partial charge in [-0.25, -0.2) is 4.79 Å². The predicted octanol–water partition coefficient (Wildman–Crippen LogP) is 2.20. The minimum atomic E-state index is -0.839. The first-order valence-electron chi connectivity index (χ1n) is 8.90. The van der Waals surface area contributed by atoms with Gasteiger partial charge in [0.1, 0.15) is 0 Å². The maximum atomic E-state index is 12.7. The van der Waals surface area contributed by atoms with Gasteiger partial charge in [-0.05, 0) is 39.3 Å². The van der Waals surface area contributed by atoms with Gasteiger partial charge in [-0.1, -0.05) is 30.3 Å². The van der Waals surface area contributed by atoms with Crippen LogP contribution in [0.3, 0.4) is 0 Å². The van der Waals surface area contributed by atoms with Gasteiger partial charge < -0.3 is 15.3 Å². The lowest BCUT2D eigenvalue weighted by molar-refractivity contribution is -0.137. The van der Waals surface area contributed by atoms with Crippen LogP contribution < -0.4 is 5.32 Å². The van der Waals surface area contributed by atoms with E-state index >= 15 is 0 Å². The molecule has 138 valence electrons. The molecule has 25 heavy (non-hydrogen) atoms. The molecule has 1 aromatic carbocycles. The maximum absolute atomic E-state index is 12.7. The van der Waals surface area contributed by atoms with Crippen molar-refractivity contribution in [3.8, 4) is 0 Å². The molecule has 0 spiro atoms. The van der Waals surface area contributed by atoms with Gasteiger partial charge in [0.05, 0.1) is 0 Å². The molecule has 6 nitrogen and oxygen atoms in total. The van der Waals surface area contributed by atoms with Crippen LogP contribution in [0.15, 0.2) is 30.3 Å². The number of aliphatic carboxylic acids is 1. The van der Waals surface area contributed by atoms with E-state index in [2.05, 4.69) is 31.1 Å². The monoisotopic (exact) mass is 347 g/mol. The number of nitrogens with one attached hydrogen (secondary N) is 1. The van der Waals surface area contributed by atoms with Crippen LogP contribution in [0.4, 0.5) is 4.79 Å². The lowest BCUT2D eigenvalue weighted by Crippen LogP contribution is -2.59. The quantitative estimate of drug-likeness (QED) is 0.827. The smallest absolute Gasteiger partial charge is 0.317 e. The average molecular weight is 347 g/mol. The van der Waals surface area contributed by atoms with Gasteiger partial charge in [0.15, 0.2) is 0 Å². The summed E-state index contributed by atoms with van der Waals surface area (Å²) < 4.78 is 0. The zero-order valence-electron chi connectivity index (χ0n) is 15.3. The van der Waals surface area contributed by atoms with Crippen LogP contribution in [0.2, 0.25) is 0 Å². The molecule has 1 unspecified atom stereocenters. The van der Waals surface area contributed by atoms with Crippen LogP contribution in [0, 0.1) is 0 Å². The topological polar surface area (TPSA) is 72.9 Å². The van der Waals surface area contributed by atoms with Gasteiger partial charge >= 0.3 is 12.0 Å². The van der Waals surface area contributed by atoms with Crippen LogP contribution in [0.5, 0.6) is 0 Å². The fourth-order valence-corrected chi connectivity index (χ4v) is 3.26. The summed E-state index contributed by atoms with van der Waals surface area (Å²) in [4.78, 5) is 27.7. The van der Waals surface area contributed by atoms with E-state index in [1.165, 1.54) is 0 Å². The lowest BCUT2D eigenvalue weighted by Gasteiger charge is -2.42. The van der Waals surface area contributed by atoms with Crippen molar-refractivity contribution in [1.82, 2.24) is 15.1 Å². The fraction of sp³-hybridized carbons (Fsp3) is 0.579. The Morgan fingerprint density at radius 2 is 1.80 bits per heavy atom. The molecular formula is C19H29N3O3. The first-order chi connectivity index (χ1) is 11.9. The van der Waals surface area contributed by atoms with Crippen molar-refractivity contribution in [3.05, 3.63) is 35.9 Å². The first kappa shape index (κ1) is 19.2. The third kappa shape index (κ3) is 5.74. The second kappa shape index (κ2) is 8.85. The Bertz CT molecular complexity index is 567. The molecule has 1 aromatic rings. The van der Waals surface area contributed by atoms with E-state index < -0.39 is 5.97 Å². The summed E-state index contributed by atoms with van der Waals surface area (Å²) >= 11 is 0. The molecule has 2 N–H and O–H groups in total. The van der Waals surface area contributed by atoms with Gasteiger partial charge in [0, 0.05) is 37.6 Å². The normalized spacial score (nSPS) is 22.4. The number of rotatable bonds is 6. The molecule has 1 saturated heterocycles. The summed E-state index contributed by atoms with van der Waals surface area (Å²) in [7, 11) is 2.08. The Morgan fingerprint density at radius 3 is 2.36 bits per heavy atom. The Labute approximate surface area is 149 Å². The predicted molar refractivity (Wildman–Crippen MR) is 97.6 cm³/mol. The summed E-state index contributed by atoms with van der Waals surface area (Å²) in [6, 6.07) is 10.2. The second-order valence-corrected chi connectivity index (χ2v) is 7.04. The number of piperazine rings is 1. The zero-order valence-corrected chi connectivity index (χ0v) is 15.3. The van der Waals surface area contributed by atoms with Crippen molar-refractivity contribution in [2.45, 2.75) is 51.2 Å². The number of nitrogens with zero attached hydrogens (tertiary/aromatic N) is 2. The highest BCUT2D eigenvalue weighted by molar-refractivity contribution is 5.75. The maximum Gasteiger partial charge on any atom is 0.317 e. The van der Waals surface area contributed by atoms with Gasteiger partial charge in [-0.3, -0.25) is 9.69 Å². The number of carbonyl (C=O) groups excluding carboxylic acids is 1. The van der Waals surface area contributed by atoms with E-state index in [-0.39, 0.29) is 18.5 Å². The number of amides is 2. The molecule has 1 aliphatic heterocycles. The number of carboxylic acid groups (broad SMARTS) is 1. The number of carboxylic acids is 1. The molecule has 1 heterocycles. The van der Waals surface area contributed by atoms with E-state index in [1.807, 2.05) is 35.2 Å². The van der Waals surface area contributed by atoms with Crippen LogP contribution in [0.25, 0.3) is 0 Å². The highest BCUT2D eigenvalue weighted by atomic mass is 16.4. The zero-order chi connectivity index (χ0) is 18.4. The van der Waals surface area contributed by atoms with Gasteiger partial charge in [-0.2, -0.15) is 0 Å². The number of urea groups is 1. The summed E-state index contributed by atoms with van der Waals surface area (Å²) in [6.45, 7) is 5.59. The summed E-state index contributed by atoms with van der Waals surface area (Å²) in [6.07, 6.45) is 1.11. The molecule has 0 bridgehead atoms. The van der Waals surface area contributed by atoms with Crippen LogP contribution in [-0.4, -0.2) is 65.2 Å². The molecule has 1 fully saturated rings. The minimum absolute atomic E-state index is 0.0489. The van der Waals surface area contributed by atoms with Crippen molar-refractivity contribution < 1.29 is 14.7 Å². The molecule has 6 heteroatoms. The number of hydrogen-bond acceptors (Lipinski definition) is 3. The van der Waals surface area contributed by atoms with Crippen molar-refractivity contribution in [2.75, 3.05) is 20.1 Å². The average Bonchev–Trinajstić information content (AvgIpc) is 2.58. The summed E-state index contributed by atoms with van der Waals surface area (Å²) in [5.74, 6) is -0.839. The molecule has 0 saturated carbocycles. The highest BCUT2D eigenvalue weighted by Crippen LogP contribution is 2.14. The summed E-state index contributed by atoms with van der Waals surface area (Å²) in [5.41, 5.74) is 1.10. The van der Waals surface area contributed by atoms with Crippen molar-refractivity contribution >= 4 is 12.0 Å². The Hall–Kier alpha value is -2.08. The Kier molecular flexibility index (Phi) is 6.82. The number of hydrogen-bond donors (Lipinski definition) is 2. The van der Waals surface area contributed by atoms with E-state index in [4.69, 9.17) is 5.11 Å². The van der Waals surface area contributed by atoms with E-state index in [0.717, 1.165) is 5.56 Å². The standard InChI is InChI=1S/C19H29N3O3/c1-14-12-22(13-15(2)21(14)3)19(25)20-17(9-10-18(23)24)11-16-7-5-4-6-8-16/h4-8,14-15,17H,9-13H2,1-3H3,(H,20,25)(H,23,24)/t14-,15+,17?. The fourth-order valence-electron chi connectivity index (χ4n) is 3.26. The van der Waals surface area contributed by atoms with Crippen LogP contribution >= 0.6 is 0 Å². The molecule has 0 radical (unpaired) electrons. The molecule has 2 rings (SSSR count). The lowest BCUT2D eigenvalue weighted by atomic mass is 10.0. The van der Waals surface area contributed by atoms with Gasteiger partial charge in [0.2, 0.25) is 0 Å². The molecule has 1 aliphatic rings. The van der Waals surface area contributed by atoms with Crippen LogP contribution in [0.1, 0.15) is 32.3 Å². The molecule has 0 aromatic heterocycles. The van der Waals surface area contributed by atoms with Crippen molar-refractivity contribution in [1.29, 1.82) is 0 Å². The summed E-state index contributed by atoms with van der Waals surface area (Å²) in [5, 5.41) is 12.0. The van der Waals surface area contributed by atoms with E-state index in [1.54, 1.807) is 0 Å². The van der Waals surface area contributed by atoms with E-state index in [0.29, 0.717) is 38.0 Å². The van der Waals surface area contributed by atoms with Gasteiger partial charge in [-0.15, -0.1) is 0 Å². The Balaban J connectivity index is 1.99. The van der Waals surface area contributed by atoms with Crippen molar-refractivity contribution in [3.63, 3.8) is 0 Å². The molecule has 0 aliphatic carbocycles. The third-order valence-corrected chi connectivity index (χ3v) is 5.01. The second-order valence-electron chi connectivity index (χ2n) is 7.04. The van der Waals surface area contributed by atoms with Crippen molar-refractivity contribution in [2.24, 2.45) is 0 Å². The number of carbonyl (C=O) groups is 2. The molecule has 2 amide bonds. The minimum Gasteiger partial charge on any atom is -0.481 e. The highest BCUT2D eigenvalue weighted by Gasteiger charge is 2.30. The Morgan fingerprint density at radius 1 is 1.20 bits per heavy atom. The van der Waals surface area contributed by atoms with Gasteiger partial charge in [0.25, 0.3) is 0 Å². The SMILES string of the molecule is C[C@@H]1CN(C(=O)NC(CCC(=O)O)Cc2ccccc2)C[C@H](C)N1C. The van der Waals surface area contributed by atoms with E-state index in [9.17, 15) is 9.59 Å². The molecule has 3 atom stereocenters. The number of benzene rings is 1. The third-order valence-electron chi connectivity index (χ3n) is 5.01. The number of likely N-dealkylation sites (N-methyl/N-ethyl adjacent to an activating group) is 1. The largest absolute Gasteiger partial charge is 0.481 e.